The summed E-state index contributed by atoms with van der Waals surface area (Å²) in [4.78, 5) is 5.51. The molecule has 0 radical (unpaired) electrons. The normalized spacial score (nSPS) is 18.3. The molecule has 0 bridgehead atoms. The summed E-state index contributed by atoms with van der Waals surface area (Å²) in [7, 11) is 0. The highest BCUT2D eigenvalue weighted by atomic mass is 32.1. The Kier molecular flexibility index (Phi) is 2.29. The van der Waals surface area contributed by atoms with Gasteiger partial charge >= 0.3 is 0 Å². The van der Waals surface area contributed by atoms with Gasteiger partial charge in [-0.2, -0.15) is 4.98 Å². The van der Waals surface area contributed by atoms with Gasteiger partial charge in [0.05, 0.1) is 10.3 Å². The average Bonchev–Trinajstić information content (AvgIpc) is 2.86. The van der Waals surface area contributed by atoms with Crippen LogP contribution in [0.3, 0.4) is 0 Å². The minimum absolute atomic E-state index is 0.0392. The molecule has 16 heavy (non-hydrogen) atoms. The number of aromatic nitrogens is 2. The van der Waals surface area contributed by atoms with Crippen LogP contribution >= 0.6 is 11.3 Å². The summed E-state index contributed by atoms with van der Waals surface area (Å²) in [5, 5.41) is 6.03. The lowest BCUT2D eigenvalue weighted by Crippen LogP contribution is -2.41. The SMILES string of the molecule is NCC1(c2nc(-c3cccs3)no2)CCC1. The summed E-state index contributed by atoms with van der Waals surface area (Å²) in [6.07, 6.45) is 3.33. The lowest BCUT2D eigenvalue weighted by Gasteiger charge is -2.36. The van der Waals surface area contributed by atoms with Crippen molar-refractivity contribution in [1.29, 1.82) is 0 Å². The number of thiophene rings is 1. The Balaban J connectivity index is 1.93. The van der Waals surface area contributed by atoms with Crippen molar-refractivity contribution in [2.75, 3.05) is 6.54 Å². The van der Waals surface area contributed by atoms with E-state index in [0.29, 0.717) is 18.3 Å². The summed E-state index contributed by atoms with van der Waals surface area (Å²) in [5.74, 6) is 1.40. The number of rotatable bonds is 3. The minimum Gasteiger partial charge on any atom is -0.338 e. The molecular weight excluding hydrogens is 222 g/mol. The van der Waals surface area contributed by atoms with Gasteiger partial charge < -0.3 is 10.3 Å². The van der Waals surface area contributed by atoms with Crippen LogP contribution in [0.5, 0.6) is 0 Å². The smallest absolute Gasteiger partial charge is 0.234 e. The molecule has 0 saturated heterocycles. The molecule has 3 rings (SSSR count). The van der Waals surface area contributed by atoms with E-state index in [1.165, 1.54) is 6.42 Å². The lowest BCUT2D eigenvalue weighted by molar-refractivity contribution is 0.182. The predicted molar refractivity (Wildman–Crippen MR) is 62.2 cm³/mol. The Morgan fingerprint density at radius 2 is 2.38 bits per heavy atom. The standard InChI is InChI=1S/C11H13N3OS/c12-7-11(4-2-5-11)10-13-9(14-15-10)8-3-1-6-16-8/h1,3,6H,2,4-5,7,12H2. The first-order valence-electron chi connectivity index (χ1n) is 5.42. The molecule has 1 aliphatic rings. The van der Waals surface area contributed by atoms with Gasteiger partial charge in [0.25, 0.3) is 0 Å². The summed E-state index contributed by atoms with van der Waals surface area (Å²) in [5.41, 5.74) is 5.76. The van der Waals surface area contributed by atoms with Crippen molar-refractivity contribution in [3.05, 3.63) is 23.4 Å². The van der Waals surface area contributed by atoms with Crippen LogP contribution in [0.2, 0.25) is 0 Å². The maximum atomic E-state index is 5.80. The van der Waals surface area contributed by atoms with Gasteiger partial charge in [0, 0.05) is 6.54 Å². The fourth-order valence-electron chi connectivity index (χ4n) is 2.05. The van der Waals surface area contributed by atoms with E-state index in [-0.39, 0.29) is 5.41 Å². The molecule has 0 unspecified atom stereocenters. The Labute approximate surface area is 97.5 Å². The highest BCUT2D eigenvalue weighted by molar-refractivity contribution is 7.13. The molecule has 5 heteroatoms. The summed E-state index contributed by atoms with van der Waals surface area (Å²) >= 11 is 1.62. The van der Waals surface area contributed by atoms with Crippen molar-refractivity contribution in [2.24, 2.45) is 5.73 Å². The van der Waals surface area contributed by atoms with Gasteiger partial charge in [-0.1, -0.05) is 17.6 Å². The molecule has 0 atom stereocenters. The van der Waals surface area contributed by atoms with Gasteiger partial charge in [-0.25, -0.2) is 0 Å². The molecule has 2 aromatic heterocycles. The second kappa shape index (κ2) is 3.68. The molecule has 1 aliphatic carbocycles. The zero-order valence-corrected chi connectivity index (χ0v) is 9.67. The molecule has 0 aromatic carbocycles. The van der Waals surface area contributed by atoms with Crippen LogP contribution in [0.4, 0.5) is 0 Å². The van der Waals surface area contributed by atoms with Crippen molar-refractivity contribution in [3.63, 3.8) is 0 Å². The summed E-state index contributed by atoms with van der Waals surface area (Å²) in [6, 6.07) is 3.98. The first-order chi connectivity index (χ1) is 7.84. The monoisotopic (exact) mass is 235 g/mol. The number of nitrogens with two attached hydrogens (primary N) is 1. The van der Waals surface area contributed by atoms with Crippen LogP contribution in [0.15, 0.2) is 22.0 Å². The van der Waals surface area contributed by atoms with E-state index in [1.54, 1.807) is 11.3 Å². The van der Waals surface area contributed by atoms with Crippen LogP contribution in [0.25, 0.3) is 10.7 Å². The van der Waals surface area contributed by atoms with Crippen molar-refractivity contribution in [2.45, 2.75) is 24.7 Å². The second-order valence-electron chi connectivity index (χ2n) is 4.24. The largest absolute Gasteiger partial charge is 0.338 e. The lowest BCUT2D eigenvalue weighted by atomic mass is 9.69. The predicted octanol–water partition coefficient (Wildman–Crippen LogP) is 2.18. The molecule has 1 saturated carbocycles. The van der Waals surface area contributed by atoms with Gasteiger partial charge in [-0.3, -0.25) is 0 Å². The maximum Gasteiger partial charge on any atom is 0.234 e. The first kappa shape index (κ1) is 9.99. The number of hydrogen-bond acceptors (Lipinski definition) is 5. The second-order valence-corrected chi connectivity index (χ2v) is 5.19. The molecule has 2 heterocycles. The molecule has 0 aliphatic heterocycles. The fraction of sp³-hybridized carbons (Fsp3) is 0.455. The molecule has 4 nitrogen and oxygen atoms in total. The Hall–Kier alpha value is -1.20. The highest BCUT2D eigenvalue weighted by Crippen LogP contribution is 2.42. The molecule has 2 aromatic rings. The maximum absolute atomic E-state index is 5.80. The van der Waals surface area contributed by atoms with Crippen LogP contribution in [-0.4, -0.2) is 16.7 Å². The summed E-state index contributed by atoms with van der Waals surface area (Å²) < 4.78 is 5.35. The van der Waals surface area contributed by atoms with Crippen LogP contribution < -0.4 is 5.73 Å². The van der Waals surface area contributed by atoms with E-state index in [2.05, 4.69) is 10.1 Å². The number of hydrogen-bond donors (Lipinski definition) is 1. The van der Waals surface area contributed by atoms with E-state index in [1.807, 2.05) is 17.5 Å². The van der Waals surface area contributed by atoms with E-state index in [0.717, 1.165) is 17.7 Å². The first-order valence-corrected chi connectivity index (χ1v) is 6.30. The fourth-order valence-corrected chi connectivity index (χ4v) is 2.70. The molecule has 84 valence electrons. The third-order valence-corrected chi connectivity index (χ3v) is 4.19. The zero-order chi connectivity index (χ0) is 11.0. The molecule has 0 spiro atoms. The van der Waals surface area contributed by atoms with Gasteiger partial charge in [0.2, 0.25) is 11.7 Å². The van der Waals surface area contributed by atoms with Gasteiger partial charge in [0.15, 0.2) is 0 Å². The van der Waals surface area contributed by atoms with Crippen LogP contribution in [-0.2, 0) is 5.41 Å². The van der Waals surface area contributed by atoms with E-state index < -0.39 is 0 Å². The third kappa shape index (κ3) is 1.39. The van der Waals surface area contributed by atoms with Crippen LogP contribution in [0.1, 0.15) is 25.2 Å². The quantitative estimate of drug-likeness (QED) is 0.885. The van der Waals surface area contributed by atoms with Crippen LogP contribution in [0, 0.1) is 0 Å². The van der Waals surface area contributed by atoms with Crippen molar-refractivity contribution >= 4 is 11.3 Å². The average molecular weight is 235 g/mol. The van der Waals surface area contributed by atoms with Gasteiger partial charge in [-0.05, 0) is 24.3 Å². The van der Waals surface area contributed by atoms with Crippen molar-refractivity contribution in [3.8, 4) is 10.7 Å². The van der Waals surface area contributed by atoms with Crippen molar-refractivity contribution in [1.82, 2.24) is 10.1 Å². The molecule has 1 fully saturated rings. The number of nitrogens with zero attached hydrogens (tertiary/aromatic N) is 2. The summed E-state index contributed by atoms with van der Waals surface area (Å²) in [6.45, 7) is 0.596. The molecule has 0 amide bonds. The molecular formula is C11H13N3OS. The van der Waals surface area contributed by atoms with Gasteiger partial charge in [-0.15, -0.1) is 11.3 Å². The zero-order valence-electron chi connectivity index (χ0n) is 8.85. The van der Waals surface area contributed by atoms with E-state index >= 15 is 0 Å². The van der Waals surface area contributed by atoms with Gasteiger partial charge in [0.1, 0.15) is 0 Å². The molecule has 2 N–H and O–H groups in total. The Bertz CT molecular complexity index is 468. The third-order valence-electron chi connectivity index (χ3n) is 3.32. The topological polar surface area (TPSA) is 64.9 Å². The highest BCUT2D eigenvalue weighted by Gasteiger charge is 2.42. The van der Waals surface area contributed by atoms with Crippen molar-refractivity contribution < 1.29 is 4.52 Å². The Morgan fingerprint density at radius 3 is 2.94 bits per heavy atom. The van der Waals surface area contributed by atoms with E-state index in [9.17, 15) is 0 Å². The Morgan fingerprint density at radius 1 is 1.50 bits per heavy atom. The minimum atomic E-state index is -0.0392. The van der Waals surface area contributed by atoms with E-state index in [4.69, 9.17) is 10.3 Å².